The van der Waals surface area contributed by atoms with E-state index in [4.69, 9.17) is 0 Å². The Kier molecular flexibility index (Phi) is 5.78. The first-order valence-electron chi connectivity index (χ1n) is 4.86. The molecule has 0 saturated carbocycles. The summed E-state index contributed by atoms with van der Waals surface area (Å²) in [6, 6.07) is 8.73. The quantitative estimate of drug-likeness (QED) is 0.835. The summed E-state index contributed by atoms with van der Waals surface area (Å²) in [6.45, 7) is 2.91. The van der Waals surface area contributed by atoms with Crippen molar-refractivity contribution in [2.75, 3.05) is 12.0 Å². The van der Waals surface area contributed by atoms with Crippen molar-refractivity contribution in [3.05, 3.63) is 33.4 Å². The Balaban J connectivity index is 2.36. The van der Waals surface area contributed by atoms with E-state index in [1.54, 1.807) is 6.26 Å². The largest absolute Gasteiger partial charge is 0.309 e. The zero-order valence-corrected chi connectivity index (χ0v) is 12.0. The molecule has 0 fully saturated rings. The van der Waals surface area contributed by atoms with Crippen LogP contribution in [0.1, 0.15) is 12.5 Å². The van der Waals surface area contributed by atoms with Gasteiger partial charge in [0.25, 0.3) is 0 Å². The lowest BCUT2D eigenvalue weighted by molar-refractivity contribution is 0.587. The van der Waals surface area contributed by atoms with Crippen molar-refractivity contribution in [1.82, 2.24) is 5.32 Å². The number of halogens is 1. The van der Waals surface area contributed by atoms with Gasteiger partial charge in [-0.15, -0.1) is 0 Å². The van der Waals surface area contributed by atoms with Gasteiger partial charge in [0.1, 0.15) is 0 Å². The summed E-state index contributed by atoms with van der Waals surface area (Å²) in [5.74, 6) is 0.713. The fourth-order valence-electron chi connectivity index (χ4n) is 1.31. The van der Waals surface area contributed by atoms with Gasteiger partial charge in [0.15, 0.2) is 0 Å². The Morgan fingerprint density at radius 2 is 2.00 bits per heavy atom. The second kappa shape index (κ2) is 6.60. The second-order valence-corrected chi connectivity index (χ2v) is 6.37. The normalized spacial score (nSPS) is 14.9. The monoisotopic (exact) mass is 337 g/mol. The van der Waals surface area contributed by atoms with E-state index in [1.165, 1.54) is 9.13 Å². The van der Waals surface area contributed by atoms with Crippen LogP contribution in [0.15, 0.2) is 24.3 Å². The summed E-state index contributed by atoms with van der Waals surface area (Å²) in [6.07, 6.45) is 1.74. The predicted molar refractivity (Wildman–Crippen MR) is 74.4 cm³/mol. The fourth-order valence-corrected chi connectivity index (χ4v) is 2.49. The molecule has 0 aliphatic rings. The van der Waals surface area contributed by atoms with Crippen molar-refractivity contribution >= 4 is 33.4 Å². The number of benzene rings is 1. The highest BCUT2D eigenvalue weighted by Crippen LogP contribution is 2.06. The summed E-state index contributed by atoms with van der Waals surface area (Å²) in [5, 5.41) is 3.35. The van der Waals surface area contributed by atoms with Crippen molar-refractivity contribution < 1.29 is 4.21 Å². The average molecular weight is 337 g/mol. The topological polar surface area (TPSA) is 29.1 Å². The predicted octanol–water partition coefficient (Wildman–Crippen LogP) is 2.15. The molecule has 0 radical (unpaired) electrons. The van der Waals surface area contributed by atoms with Gasteiger partial charge in [-0.2, -0.15) is 0 Å². The molecule has 1 aromatic rings. The smallest absolute Gasteiger partial charge is 0.0383 e. The summed E-state index contributed by atoms with van der Waals surface area (Å²) in [4.78, 5) is 0. The summed E-state index contributed by atoms with van der Waals surface area (Å²) in [7, 11) is -0.721. The SMILES string of the molecule is CC(CS(C)=O)NCc1ccc(I)cc1. The Bertz CT molecular complexity index is 326. The highest BCUT2D eigenvalue weighted by Gasteiger charge is 2.03. The minimum Gasteiger partial charge on any atom is -0.309 e. The van der Waals surface area contributed by atoms with Crippen molar-refractivity contribution in [2.45, 2.75) is 19.5 Å². The van der Waals surface area contributed by atoms with E-state index in [0.29, 0.717) is 11.8 Å². The van der Waals surface area contributed by atoms with Gasteiger partial charge in [0.2, 0.25) is 0 Å². The number of rotatable bonds is 5. The minimum absolute atomic E-state index is 0.301. The van der Waals surface area contributed by atoms with Gasteiger partial charge < -0.3 is 5.32 Å². The average Bonchev–Trinajstić information content (AvgIpc) is 2.16. The van der Waals surface area contributed by atoms with E-state index in [-0.39, 0.29) is 0 Å². The summed E-state index contributed by atoms with van der Waals surface area (Å²) >= 11 is 2.29. The summed E-state index contributed by atoms with van der Waals surface area (Å²) < 4.78 is 12.2. The molecule has 0 heterocycles. The second-order valence-electron chi connectivity index (χ2n) is 3.65. The van der Waals surface area contributed by atoms with Crippen LogP contribution in [0.25, 0.3) is 0 Å². The Hall–Kier alpha value is 0.0600. The Morgan fingerprint density at radius 3 is 2.53 bits per heavy atom. The van der Waals surface area contributed by atoms with Gasteiger partial charge >= 0.3 is 0 Å². The van der Waals surface area contributed by atoms with Crippen molar-refractivity contribution in [2.24, 2.45) is 0 Å². The van der Waals surface area contributed by atoms with Crippen LogP contribution < -0.4 is 5.32 Å². The lowest BCUT2D eigenvalue weighted by Gasteiger charge is -2.12. The molecule has 0 spiro atoms. The Morgan fingerprint density at radius 1 is 1.40 bits per heavy atom. The lowest BCUT2D eigenvalue weighted by atomic mass is 10.2. The molecule has 0 aliphatic carbocycles. The van der Waals surface area contributed by atoms with E-state index in [9.17, 15) is 4.21 Å². The number of hydrogen-bond donors (Lipinski definition) is 1. The van der Waals surface area contributed by atoms with E-state index in [1.807, 2.05) is 0 Å². The molecule has 1 rings (SSSR count). The maximum Gasteiger partial charge on any atom is 0.0383 e. The molecule has 2 unspecified atom stereocenters. The van der Waals surface area contributed by atoms with E-state index < -0.39 is 10.8 Å². The van der Waals surface area contributed by atoms with Gasteiger partial charge in [-0.25, -0.2) is 0 Å². The number of hydrogen-bond acceptors (Lipinski definition) is 2. The molecule has 0 amide bonds. The first kappa shape index (κ1) is 13.1. The molecule has 0 bridgehead atoms. The maximum atomic E-state index is 11.0. The van der Waals surface area contributed by atoms with Crippen LogP contribution in [0, 0.1) is 3.57 Å². The molecule has 1 N–H and O–H groups in total. The fraction of sp³-hybridized carbons (Fsp3) is 0.455. The molecule has 84 valence electrons. The van der Waals surface area contributed by atoms with E-state index >= 15 is 0 Å². The first-order chi connectivity index (χ1) is 7.08. The van der Waals surface area contributed by atoms with Crippen LogP contribution in [0.5, 0.6) is 0 Å². The van der Waals surface area contributed by atoms with Crippen LogP contribution in [-0.4, -0.2) is 22.3 Å². The molecule has 0 aliphatic heterocycles. The molecular weight excluding hydrogens is 321 g/mol. The lowest BCUT2D eigenvalue weighted by Crippen LogP contribution is -2.30. The molecule has 15 heavy (non-hydrogen) atoms. The van der Waals surface area contributed by atoms with Crippen LogP contribution in [0.3, 0.4) is 0 Å². The van der Waals surface area contributed by atoms with E-state index in [2.05, 4.69) is 59.1 Å². The molecule has 1 aromatic carbocycles. The molecule has 2 nitrogen and oxygen atoms in total. The van der Waals surface area contributed by atoms with Gasteiger partial charge in [-0.3, -0.25) is 4.21 Å². The van der Waals surface area contributed by atoms with Gasteiger partial charge in [0.05, 0.1) is 0 Å². The maximum absolute atomic E-state index is 11.0. The Labute approximate surface area is 107 Å². The van der Waals surface area contributed by atoms with Gasteiger partial charge in [0, 0.05) is 39.0 Å². The zero-order chi connectivity index (χ0) is 11.3. The molecule has 4 heteroatoms. The van der Waals surface area contributed by atoms with Crippen molar-refractivity contribution in [3.8, 4) is 0 Å². The molecule has 0 saturated heterocycles. The number of nitrogens with one attached hydrogen (secondary N) is 1. The first-order valence-corrected chi connectivity index (χ1v) is 7.66. The molecular formula is C11H16INOS. The van der Waals surface area contributed by atoms with Crippen molar-refractivity contribution in [3.63, 3.8) is 0 Å². The highest BCUT2D eigenvalue weighted by molar-refractivity contribution is 14.1. The summed E-state index contributed by atoms with van der Waals surface area (Å²) in [5.41, 5.74) is 1.27. The molecule has 2 atom stereocenters. The zero-order valence-electron chi connectivity index (χ0n) is 9.00. The third-order valence-corrected chi connectivity index (χ3v) is 3.74. The van der Waals surface area contributed by atoms with Crippen LogP contribution in [-0.2, 0) is 17.3 Å². The minimum atomic E-state index is -0.721. The van der Waals surface area contributed by atoms with Gasteiger partial charge in [-0.1, -0.05) is 12.1 Å². The van der Waals surface area contributed by atoms with E-state index in [0.717, 1.165) is 6.54 Å². The van der Waals surface area contributed by atoms with Crippen LogP contribution in [0.2, 0.25) is 0 Å². The molecule has 0 aromatic heterocycles. The highest BCUT2D eigenvalue weighted by atomic mass is 127. The van der Waals surface area contributed by atoms with Crippen LogP contribution >= 0.6 is 22.6 Å². The third kappa shape index (κ3) is 5.63. The third-order valence-electron chi connectivity index (χ3n) is 2.05. The van der Waals surface area contributed by atoms with Crippen LogP contribution in [0.4, 0.5) is 0 Å². The standard InChI is InChI=1S/C11H16INOS/c1-9(8-15(2)14)13-7-10-3-5-11(12)6-4-10/h3-6,9,13H,7-8H2,1-2H3. The van der Waals surface area contributed by atoms with Gasteiger partial charge in [-0.05, 0) is 47.2 Å². The van der Waals surface area contributed by atoms with Crippen molar-refractivity contribution in [1.29, 1.82) is 0 Å².